The highest BCUT2D eigenvalue weighted by Crippen LogP contribution is 2.32. The van der Waals surface area contributed by atoms with Gasteiger partial charge >= 0.3 is 0 Å². The van der Waals surface area contributed by atoms with Crippen LogP contribution in [0.2, 0.25) is 0 Å². The van der Waals surface area contributed by atoms with E-state index < -0.39 is 0 Å². The van der Waals surface area contributed by atoms with Gasteiger partial charge in [0.2, 0.25) is 0 Å². The van der Waals surface area contributed by atoms with Crippen LogP contribution in [0.4, 0.5) is 0 Å². The summed E-state index contributed by atoms with van der Waals surface area (Å²) in [6.07, 6.45) is 1.03. The average Bonchev–Trinajstić information content (AvgIpc) is 2.15. The highest BCUT2D eigenvalue weighted by Gasteiger charge is 2.24. The number of ketones is 1. The zero-order valence-electron chi connectivity index (χ0n) is 9.55. The van der Waals surface area contributed by atoms with E-state index in [0.717, 1.165) is 4.47 Å². The number of benzene rings is 1. The maximum Gasteiger partial charge on any atom is 0.138 e. The molecule has 1 saturated heterocycles. The van der Waals surface area contributed by atoms with Crippen molar-refractivity contribution in [2.24, 2.45) is 0 Å². The fraction of sp³-hybridized carbons (Fsp3) is 0.462. The minimum Gasteiger partial charge on any atom is -0.373 e. The van der Waals surface area contributed by atoms with Gasteiger partial charge in [-0.1, -0.05) is 15.9 Å². The lowest BCUT2D eigenvalue weighted by atomic mass is 9.93. The van der Waals surface area contributed by atoms with E-state index in [2.05, 4.69) is 41.9 Å². The van der Waals surface area contributed by atoms with Crippen LogP contribution in [0, 0.1) is 13.8 Å². The number of aryl methyl sites for hydroxylation is 2. The van der Waals surface area contributed by atoms with Crippen LogP contribution in [0.1, 0.15) is 35.6 Å². The first-order chi connectivity index (χ1) is 7.58. The number of carbonyl (C=O) groups is 1. The molecule has 2 nitrogen and oxygen atoms in total. The second-order valence-electron chi connectivity index (χ2n) is 4.31. The van der Waals surface area contributed by atoms with E-state index in [1.54, 1.807) is 0 Å². The fourth-order valence-corrected chi connectivity index (χ4v) is 2.98. The molecule has 0 spiro atoms. The first-order valence-electron chi connectivity index (χ1n) is 5.48. The molecule has 0 radical (unpaired) electrons. The molecule has 3 heteroatoms. The molecule has 0 bridgehead atoms. The molecular weight excluding hydrogens is 268 g/mol. The summed E-state index contributed by atoms with van der Waals surface area (Å²) in [5.74, 6) is 0.304. The second-order valence-corrected chi connectivity index (χ2v) is 5.22. The van der Waals surface area contributed by atoms with Gasteiger partial charge in [0.1, 0.15) is 5.78 Å². The first-order valence-corrected chi connectivity index (χ1v) is 6.27. The lowest BCUT2D eigenvalue weighted by Gasteiger charge is -2.25. The SMILES string of the molecule is Cc1cc(Br)cc(C)c1C1CC(=O)CCO1. The number of rotatable bonds is 1. The predicted molar refractivity (Wildman–Crippen MR) is 66.6 cm³/mol. The van der Waals surface area contributed by atoms with E-state index in [-0.39, 0.29) is 6.10 Å². The van der Waals surface area contributed by atoms with E-state index in [4.69, 9.17) is 4.74 Å². The van der Waals surface area contributed by atoms with Crippen molar-refractivity contribution in [2.45, 2.75) is 32.8 Å². The summed E-state index contributed by atoms with van der Waals surface area (Å²) < 4.78 is 6.78. The molecular formula is C13H15BrO2. The Morgan fingerprint density at radius 1 is 1.31 bits per heavy atom. The Hall–Kier alpha value is -0.670. The number of hydrogen-bond donors (Lipinski definition) is 0. The van der Waals surface area contributed by atoms with Crippen molar-refractivity contribution in [1.82, 2.24) is 0 Å². The molecule has 1 aliphatic rings. The molecule has 1 aromatic rings. The Labute approximate surface area is 104 Å². The summed E-state index contributed by atoms with van der Waals surface area (Å²) in [5.41, 5.74) is 3.55. The standard InChI is InChI=1S/C13H15BrO2/c1-8-5-10(14)6-9(2)13(8)12-7-11(15)3-4-16-12/h5-6,12H,3-4,7H2,1-2H3. The first kappa shape index (κ1) is 11.8. The summed E-state index contributed by atoms with van der Waals surface area (Å²) in [7, 11) is 0. The van der Waals surface area contributed by atoms with Crippen LogP contribution < -0.4 is 0 Å². The molecule has 0 amide bonds. The van der Waals surface area contributed by atoms with Gasteiger partial charge in [0, 0.05) is 17.3 Å². The van der Waals surface area contributed by atoms with E-state index >= 15 is 0 Å². The van der Waals surface area contributed by atoms with Gasteiger partial charge in [0.25, 0.3) is 0 Å². The number of ether oxygens (including phenoxy) is 1. The Morgan fingerprint density at radius 3 is 2.50 bits per heavy atom. The molecule has 0 aromatic heterocycles. The van der Waals surface area contributed by atoms with Crippen LogP contribution >= 0.6 is 15.9 Å². The summed E-state index contributed by atoms with van der Waals surface area (Å²) >= 11 is 3.48. The molecule has 86 valence electrons. The third-order valence-corrected chi connectivity index (χ3v) is 3.45. The monoisotopic (exact) mass is 282 g/mol. The van der Waals surface area contributed by atoms with Crippen molar-refractivity contribution in [3.63, 3.8) is 0 Å². The average molecular weight is 283 g/mol. The third kappa shape index (κ3) is 2.36. The van der Waals surface area contributed by atoms with Crippen LogP contribution in [-0.4, -0.2) is 12.4 Å². The molecule has 1 aromatic carbocycles. The zero-order chi connectivity index (χ0) is 11.7. The summed E-state index contributed by atoms with van der Waals surface area (Å²) in [4.78, 5) is 11.4. The van der Waals surface area contributed by atoms with Crippen molar-refractivity contribution in [1.29, 1.82) is 0 Å². The highest BCUT2D eigenvalue weighted by atomic mass is 79.9. The van der Waals surface area contributed by atoms with E-state index in [1.807, 2.05) is 0 Å². The molecule has 1 aliphatic heterocycles. The van der Waals surface area contributed by atoms with Crippen molar-refractivity contribution < 1.29 is 9.53 Å². The van der Waals surface area contributed by atoms with Gasteiger partial charge in [0.05, 0.1) is 12.7 Å². The van der Waals surface area contributed by atoms with Crippen molar-refractivity contribution in [3.8, 4) is 0 Å². The summed E-state index contributed by atoms with van der Waals surface area (Å²) in [6, 6.07) is 4.15. The lowest BCUT2D eigenvalue weighted by Crippen LogP contribution is -2.20. The minimum atomic E-state index is -0.0469. The topological polar surface area (TPSA) is 26.3 Å². The Kier molecular flexibility index (Phi) is 3.45. The van der Waals surface area contributed by atoms with Gasteiger partial charge < -0.3 is 4.74 Å². The van der Waals surface area contributed by atoms with E-state index in [1.165, 1.54) is 16.7 Å². The molecule has 1 fully saturated rings. The van der Waals surface area contributed by atoms with Crippen molar-refractivity contribution in [3.05, 3.63) is 33.3 Å². The van der Waals surface area contributed by atoms with Gasteiger partial charge in [-0.15, -0.1) is 0 Å². The number of hydrogen-bond acceptors (Lipinski definition) is 2. The summed E-state index contributed by atoms with van der Waals surface area (Å²) in [5, 5.41) is 0. The molecule has 1 unspecified atom stereocenters. The van der Waals surface area contributed by atoms with Crippen molar-refractivity contribution in [2.75, 3.05) is 6.61 Å². The molecule has 0 saturated carbocycles. The van der Waals surface area contributed by atoms with Gasteiger partial charge in [-0.2, -0.15) is 0 Å². The van der Waals surface area contributed by atoms with Gasteiger partial charge in [-0.3, -0.25) is 4.79 Å². The molecule has 0 N–H and O–H groups in total. The van der Waals surface area contributed by atoms with Crippen molar-refractivity contribution >= 4 is 21.7 Å². The van der Waals surface area contributed by atoms with E-state index in [9.17, 15) is 4.79 Å². The second kappa shape index (κ2) is 4.68. The lowest BCUT2D eigenvalue weighted by molar-refractivity contribution is -0.128. The van der Waals surface area contributed by atoms with Gasteiger partial charge in [0.15, 0.2) is 0 Å². The molecule has 2 rings (SSSR count). The smallest absolute Gasteiger partial charge is 0.138 e. The Morgan fingerprint density at radius 2 is 1.94 bits per heavy atom. The van der Waals surface area contributed by atoms with Crippen LogP contribution in [0.25, 0.3) is 0 Å². The molecule has 1 atom stereocenters. The molecule has 1 heterocycles. The van der Waals surface area contributed by atoms with Crippen LogP contribution in [0.15, 0.2) is 16.6 Å². The Balaban J connectivity index is 2.35. The quantitative estimate of drug-likeness (QED) is 0.788. The molecule has 0 aliphatic carbocycles. The summed E-state index contributed by atoms with van der Waals surface area (Å²) in [6.45, 7) is 4.68. The van der Waals surface area contributed by atoms with Crippen LogP contribution in [0.5, 0.6) is 0 Å². The minimum absolute atomic E-state index is 0.0469. The van der Waals surface area contributed by atoms with Crippen LogP contribution in [-0.2, 0) is 9.53 Å². The zero-order valence-corrected chi connectivity index (χ0v) is 11.1. The predicted octanol–water partition coefficient (Wildman–Crippen LogP) is 3.49. The fourth-order valence-electron chi connectivity index (χ4n) is 2.30. The Bertz CT molecular complexity index is 403. The number of Topliss-reactive ketones (excluding diaryl/α,β-unsaturated/α-hetero) is 1. The maximum atomic E-state index is 11.4. The highest BCUT2D eigenvalue weighted by molar-refractivity contribution is 9.10. The third-order valence-electron chi connectivity index (χ3n) is 2.99. The van der Waals surface area contributed by atoms with E-state index in [0.29, 0.717) is 25.2 Å². The molecule has 16 heavy (non-hydrogen) atoms. The number of halogens is 1. The van der Waals surface area contributed by atoms with Crippen LogP contribution in [0.3, 0.4) is 0 Å². The normalized spacial score (nSPS) is 21.2. The van der Waals surface area contributed by atoms with Gasteiger partial charge in [-0.05, 0) is 42.7 Å². The largest absolute Gasteiger partial charge is 0.373 e. The number of carbonyl (C=O) groups excluding carboxylic acids is 1. The van der Waals surface area contributed by atoms with Gasteiger partial charge in [-0.25, -0.2) is 0 Å². The maximum absolute atomic E-state index is 11.4.